The molecule has 1 aliphatic rings. The summed E-state index contributed by atoms with van der Waals surface area (Å²) in [4.78, 5) is 37.2. The maximum Gasteiger partial charge on any atom is 0.409 e. The van der Waals surface area contributed by atoms with Crippen molar-refractivity contribution in [2.45, 2.75) is 122 Å². The van der Waals surface area contributed by atoms with Crippen LogP contribution in [-0.2, 0) is 22.2 Å². The van der Waals surface area contributed by atoms with Crippen molar-refractivity contribution in [1.82, 2.24) is 10.6 Å². The van der Waals surface area contributed by atoms with Crippen LogP contribution in [0, 0.1) is 0 Å². The minimum Gasteiger partial charge on any atom is -0.496 e. The second-order valence-electron chi connectivity index (χ2n) is 16.7. The Morgan fingerprint density at radius 3 is 2.24 bits per heavy atom. The van der Waals surface area contributed by atoms with Crippen LogP contribution < -0.4 is 31.2 Å². The van der Waals surface area contributed by atoms with Crippen molar-refractivity contribution in [3.8, 4) is 22.6 Å². The summed E-state index contributed by atoms with van der Waals surface area (Å²) in [6, 6.07) is 17.1. The van der Waals surface area contributed by atoms with Gasteiger partial charge in [-0.25, -0.2) is 14.4 Å². The van der Waals surface area contributed by atoms with Crippen molar-refractivity contribution in [2.24, 2.45) is 5.73 Å². The average Bonchev–Trinajstić information content (AvgIpc) is 3.09. The molecule has 0 saturated heterocycles. The van der Waals surface area contributed by atoms with Crippen LogP contribution in [0.1, 0.15) is 96.3 Å². The molecule has 0 atom stereocenters. The van der Waals surface area contributed by atoms with E-state index in [0.29, 0.717) is 48.2 Å². The van der Waals surface area contributed by atoms with E-state index in [0.717, 1.165) is 53.5 Å². The minimum absolute atomic E-state index is 0.0534. The molecule has 13 heteroatoms. The lowest BCUT2D eigenvalue weighted by Gasteiger charge is -2.36. The zero-order valence-electron chi connectivity index (χ0n) is 33.8. The predicted molar refractivity (Wildman–Crippen MR) is 222 cm³/mol. The second kappa shape index (κ2) is 18.6. The number of alkyl carbamates (subject to hydrolysis) is 1. The number of carbonyl (C=O) groups is 3. The fraction of sp³-hybridized carbons (Fsp3) is 0.500. The summed E-state index contributed by atoms with van der Waals surface area (Å²) in [5, 5.41) is 9.18. The van der Waals surface area contributed by atoms with Crippen molar-refractivity contribution >= 4 is 43.8 Å². The van der Waals surface area contributed by atoms with Crippen LogP contribution in [0.4, 0.5) is 20.1 Å². The first-order valence-electron chi connectivity index (χ1n) is 19.0. The number of carbonyl (C=O) groups excluding carboxylic acids is 3. The SMILES string of the molecule is COc1cc(NC(=O)NCCCc2ccc(-c3ccccc3[C@H]3CC[C@H](NC(=O)OC(C)(C)C)CC3)c(OC(N)=O)c2)c(Cl)cc1CO[Si](C)(C)C(C)(C)C. The highest BCUT2D eigenvalue weighted by atomic mass is 35.5. The van der Waals surface area contributed by atoms with Gasteiger partial charge in [-0.05, 0) is 112 Å². The summed E-state index contributed by atoms with van der Waals surface area (Å²) in [6.45, 7) is 17.2. The van der Waals surface area contributed by atoms with Crippen molar-refractivity contribution < 1.29 is 33.0 Å². The van der Waals surface area contributed by atoms with Gasteiger partial charge in [0.1, 0.15) is 17.1 Å². The van der Waals surface area contributed by atoms with Crippen LogP contribution in [0.25, 0.3) is 11.1 Å². The van der Waals surface area contributed by atoms with Gasteiger partial charge in [0.15, 0.2) is 8.32 Å². The molecule has 0 aromatic heterocycles. The number of hydrogen-bond acceptors (Lipinski definition) is 7. The molecule has 300 valence electrons. The van der Waals surface area contributed by atoms with Gasteiger partial charge in [-0.2, -0.15) is 0 Å². The normalized spacial score (nSPS) is 16.2. The van der Waals surface area contributed by atoms with Crippen molar-refractivity contribution in [1.29, 1.82) is 0 Å². The molecule has 1 aliphatic carbocycles. The number of rotatable bonds is 13. The van der Waals surface area contributed by atoms with E-state index >= 15 is 0 Å². The Morgan fingerprint density at radius 2 is 1.60 bits per heavy atom. The maximum atomic E-state index is 12.8. The lowest BCUT2D eigenvalue weighted by Crippen LogP contribution is -2.40. The Kier molecular flexibility index (Phi) is 14.7. The molecule has 55 heavy (non-hydrogen) atoms. The number of halogens is 1. The highest BCUT2D eigenvalue weighted by molar-refractivity contribution is 6.74. The molecule has 1 fully saturated rings. The number of benzene rings is 3. The molecule has 0 radical (unpaired) electrons. The molecule has 0 heterocycles. The molecule has 0 aliphatic heterocycles. The van der Waals surface area contributed by atoms with E-state index in [9.17, 15) is 14.4 Å². The highest BCUT2D eigenvalue weighted by Crippen LogP contribution is 2.42. The third kappa shape index (κ3) is 12.6. The summed E-state index contributed by atoms with van der Waals surface area (Å²) in [5.74, 6) is 1.23. The molecule has 4 amide bonds. The zero-order valence-corrected chi connectivity index (χ0v) is 35.6. The lowest BCUT2D eigenvalue weighted by molar-refractivity contribution is 0.0491. The highest BCUT2D eigenvalue weighted by Gasteiger charge is 2.37. The summed E-state index contributed by atoms with van der Waals surface area (Å²) >= 11 is 6.58. The molecule has 0 spiro atoms. The first-order chi connectivity index (χ1) is 25.8. The Morgan fingerprint density at radius 1 is 0.909 bits per heavy atom. The zero-order chi connectivity index (χ0) is 40.6. The van der Waals surface area contributed by atoms with Crippen LogP contribution >= 0.6 is 11.6 Å². The van der Waals surface area contributed by atoms with Gasteiger partial charge in [-0.3, -0.25) is 0 Å². The first-order valence-corrected chi connectivity index (χ1v) is 22.3. The van der Waals surface area contributed by atoms with Gasteiger partial charge in [0.05, 0.1) is 24.4 Å². The van der Waals surface area contributed by atoms with Crippen LogP contribution in [0.5, 0.6) is 11.5 Å². The molecule has 3 aromatic carbocycles. The number of urea groups is 1. The Hall–Kier alpha value is -4.26. The monoisotopic (exact) mass is 794 g/mol. The van der Waals surface area contributed by atoms with E-state index in [4.69, 9.17) is 36.0 Å². The number of hydrogen-bond donors (Lipinski definition) is 4. The quantitative estimate of drug-likeness (QED) is 0.0993. The number of nitrogens with one attached hydrogen (secondary N) is 3. The summed E-state index contributed by atoms with van der Waals surface area (Å²) in [5.41, 5.74) is 10.0. The smallest absolute Gasteiger partial charge is 0.409 e. The Balaban J connectivity index is 1.36. The largest absolute Gasteiger partial charge is 0.496 e. The Bertz CT molecular complexity index is 1810. The summed E-state index contributed by atoms with van der Waals surface area (Å²) < 4.78 is 23.0. The molecule has 1 saturated carbocycles. The molecular formula is C42H59ClN4O7Si. The maximum absolute atomic E-state index is 12.8. The molecule has 0 bridgehead atoms. The predicted octanol–water partition coefficient (Wildman–Crippen LogP) is 10.3. The third-order valence-corrected chi connectivity index (χ3v) is 15.1. The molecule has 3 aromatic rings. The van der Waals surface area contributed by atoms with E-state index in [1.54, 1.807) is 19.2 Å². The van der Waals surface area contributed by atoms with Gasteiger partial charge in [-0.1, -0.05) is 68.8 Å². The fourth-order valence-corrected chi connectivity index (χ4v) is 7.57. The number of primary amides is 1. The van der Waals surface area contributed by atoms with Crippen LogP contribution in [0.15, 0.2) is 54.6 Å². The molecular weight excluding hydrogens is 736 g/mol. The van der Waals surface area contributed by atoms with Crippen LogP contribution in [-0.4, -0.2) is 51.8 Å². The molecule has 4 rings (SSSR count). The minimum atomic E-state index is -1.99. The van der Waals surface area contributed by atoms with Gasteiger partial charge >= 0.3 is 18.2 Å². The van der Waals surface area contributed by atoms with Gasteiger partial charge in [-0.15, -0.1) is 0 Å². The average molecular weight is 795 g/mol. The van der Waals surface area contributed by atoms with Gasteiger partial charge in [0.2, 0.25) is 0 Å². The number of ether oxygens (including phenoxy) is 3. The standard InChI is InChI=1S/C42H59ClN4O7Si/c1-41(2,3)54-40(50)46-30-19-17-28(18-20-30)31-14-10-11-15-32(31)33-21-16-27(23-37(33)53-38(44)48)13-12-22-45-39(49)47-35-25-36(51-7)29(24-34(35)43)26-52-55(8,9)42(4,5)6/h10-11,14-16,21,23-25,28,30H,12-13,17-20,22,26H2,1-9H3,(H2,44,48)(H,46,50)(H2,45,47,49)/t28-,30-. The van der Waals surface area contributed by atoms with E-state index < -0.39 is 26.0 Å². The van der Waals surface area contributed by atoms with Crippen molar-refractivity contribution in [2.75, 3.05) is 19.0 Å². The van der Waals surface area contributed by atoms with E-state index in [-0.39, 0.29) is 23.1 Å². The number of aryl methyl sites for hydroxylation is 1. The van der Waals surface area contributed by atoms with Crippen molar-refractivity contribution in [3.05, 3.63) is 76.3 Å². The van der Waals surface area contributed by atoms with E-state index in [1.807, 2.05) is 57.2 Å². The third-order valence-electron chi connectivity index (χ3n) is 10.3. The molecule has 11 nitrogen and oxygen atoms in total. The summed E-state index contributed by atoms with van der Waals surface area (Å²) in [6.07, 6.45) is 3.39. The molecule has 0 unspecified atom stereocenters. The number of anilines is 1. The topological polar surface area (TPSA) is 150 Å². The van der Waals surface area contributed by atoms with E-state index in [1.165, 1.54) is 0 Å². The van der Waals surface area contributed by atoms with Crippen LogP contribution in [0.3, 0.4) is 0 Å². The van der Waals surface area contributed by atoms with Crippen LogP contribution in [0.2, 0.25) is 23.2 Å². The van der Waals surface area contributed by atoms with Gasteiger partial charge in [0, 0.05) is 29.8 Å². The number of nitrogens with two attached hydrogens (primary N) is 1. The first kappa shape index (κ1) is 43.5. The number of amides is 4. The fourth-order valence-electron chi connectivity index (χ4n) is 6.39. The Labute approximate surface area is 332 Å². The lowest BCUT2D eigenvalue weighted by atomic mass is 9.79. The van der Waals surface area contributed by atoms with Gasteiger partial charge in [0.25, 0.3) is 0 Å². The second-order valence-corrected chi connectivity index (χ2v) is 21.9. The summed E-state index contributed by atoms with van der Waals surface area (Å²) in [7, 11) is -0.414. The molecule has 5 N–H and O–H groups in total. The van der Waals surface area contributed by atoms with Gasteiger partial charge < -0.3 is 40.3 Å². The van der Waals surface area contributed by atoms with Crippen molar-refractivity contribution in [3.63, 3.8) is 0 Å². The van der Waals surface area contributed by atoms with E-state index in [2.05, 4.69) is 55.9 Å². The number of methoxy groups -OCH3 is 1.